The van der Waals surface area contributed by atoms with Gasteiger partial charge in [-0.1, -0.05) is 42.5 Å². The van der Waals surface area contributed by atoms with Crippen LogP contribution in [0, 0.1) is 5.82 Å². The lowest BCUT2D eigenvalue weighted by atomic mass is 10.1. The Labute approximate surface area is 179 Å². The number of rotatable bonds is 7. The molecule has 1 aromatic heterocycles. The van der Waals surface area contributed by atoms with Crippen LogP contribution in [-0.4, -0.2) is 42.5 Å². The van der Waals surface area contributed by atoms with Crippen molar-refractivity contribution in [1.82, 2.24) is 10.2 Å². The normalized spacial score (nSPS) is 16.2. The number of likely N-dealkylation sites (tertiary alicyclic amines) is 1. The van der Waals surface area contributed by atoms with Gasteiger partial charge in [-0.3, -0.25) is 9.69 Å². The molecule has 0 bridgehead atoms. The molecule has 1 N–H and O–H groups in total. The van der Waals surface area contributed by atoms with Gasteiger partial charge in [0.2, 0.25) is 5.76 Å². The smallest absolute Gasteiger partial charge is 0.374 e. The van der Waals surface area contributed by atoms with Crippen molar-refractivity contribution < 1.29 is 23.1 Å². The summed E-state index contributed by atoms with van der Waals surface area (Å²) < 4.78 is 24.3. The van der Waals surface area contributed by atoms with Crippen LogP contribution in [0.1, 0.15) is 22.5 Å². The number of carbonyl (C=O) groups excluding carboxylic acids is 2. The molecule has 1 amide bonds. The van der Waals surface area contributed by atoms with Crippen molar-refractivity contribution in [3.8, 4) is 11.3 Å². The molecule has 1 aliphatic rings. The fourth-order valence-corrected chi connectivity index (χ4v) is 3.66. The zero-order valence-corrected chi connectivity index (χ0v) is 16.9. The highest BCUT2D eigenvalue weighted by Crippen LogP contribution is 2.25. The second kappa shape index (κ2) is 9.57. The summed E-state index contributed by atoms with van der Waals surface area (Å²) in [6, 6.07) is 19.2. The molecular weight excluding hydrogens is 399 g/mol. The predicted octanol–water partition coefficient (Wildman–Crippen LogP) is 3.63. The summed E-state index contributed by atoms with van der Waals surface area (Å²) in [6.45, 7) is 2.08. The first-order valence-corrected chi connectivity index (χ1v) is 10.2. The molecule has 7 heteroatoms. The number of furan rings is 1. The van der Waals surface area contributed by atoms with Crippen LogP contribution >= 0.6 is 0 Å². The van der Waals surface area contributed by atoms with E-state index in [2.05, 4.69) is 22.3 Å². The predicted molar refractivity (Wildman–Crippen MR) is 113 cm³/mol. The molecule has 1 atom stereocenters. The van der Waals surface area contributed by atoms with E-state index in [0.717, 1.165) is 26.1 Å². The minimum atomic E-state index is -0.769. The number of ether oxygens (including phenoxy) is 1. The van der Waals surface area contributed by atoms with E-state index in [4.69, 9.17) is 9.15 Å². The van der Waals surface area contributed by atoms with Gasteiger partial charge in [0.05, 0.1) is 5.56 Å². The van der Waals surface area contributed by atoms with Crippen LogP contribution in [0.2, 0.25) is 0 Å². The van der Waals surface area contributed by atoms with E-state index in [1.54, 1.807) is 18.2 Å². The third kappa shape index (κ3) is 5.38. The molecule has 2 aromatic carbocycles. The van der Waals surface area contributed by atoms with Crippen molar-refractivity contribution in [2.75, 3.05) is 19.7 Å². The molecule has 4 rings (SSSR count). The molecule has 6 nitrogen and oxygen atoms in total. The van der Waals surface area contributed by atoms with Gasteiger partial charge in [0.15, 0.2) is 6.61 Å². The Morgan fingerprint density at radius 1 is 1.06 bits per heavy atom. The Morgan fingerprint density at radius 2 is 1.84 bits per heavy atom. The van der Waals surface area contributed by atoms with E-state index in [-0.39, 0.29) is 29.0 Å². The third-order valence-corrected chi connectivity index (χ3v) is 5.17. The Balaban J connectivity index is 1.23. The van der Waals surface area contributed by atoms with E-state index < -0.39 is 18.4 Å². The lowest BCUT2D eigenvalue weighted by molar-refractivity contribution is -0.124. The van der Waals surface area contributed by atoms with Crippen molar-refractivity contribution in [3.63, 3.8) is 0 Å². The molecule has 0 saturated carbocycles. The number of nitrogens with zero attached hydrogens (tertiary/aromatic N) is 1. The van der Waals surface area contributed by atoms with Gasteiger partial charge in [-0.2, -0.15) is 0 Å². The molecule has 3 aromatic rings. The second-order valence-electron chi connectivity index (χ2n) is 7.49. The van der Waals surface area contributed by atoms with Crippen LogP contribution in [0.4, 0.5) is 4.39 Å². The molecule has 1 fully saturated rings. The maximum Gasteiger partial charge on any atom is 0.374 e. The maximum atomic E-state index is 13.9. The molecular formula is C24H23FN2O4. The van der Waals surface area contributed by atoms with Gasteiger partial charge in [0, 0.05) is 25.7 Å². The van der Waals surface area contributed by atoms with Gasteiger partial charge in [-0.25, -0.2) is 9.18 Å². The summed E-state index contributed by atoms with van der Waals surface area (Å²) in [6.07, 6.45) is 0.844. The van der Waals surface area contributed by atoms with E-state index in [1.807, 2.05) is 18.2 Å². The number of nitrogens with one attached hydrogen (secondary N) is 1. The van der Waals surface area contributed by atoms with Gasteiger partial charge in [0.1, 0.15) is 11.6 Å². The summed E-state index contributed by atoms with van der Waals surface area (Å²) in [5.74, 6) is -1.44. The fraction of sp³-hybridized carbons (Fsp3) is 0.250. The molecule has 1 unspecified atom stereocenters. The number of carbonyl (C=O) groups is 2. The number of benzene rings is 2. The van der Waals surface area contributed by atoms with Crippen molar-refractivity contribution in [1.29, 1.82) is 0 Å². The first kappa shape index (κ1) is 20.8. The van der Waals surface area contributed by atoms with E-state index in [0.29, 0.717) is 0 Å². The van der Waals surface area contributed by atoms with E-state index in [1.165, 1.54) is 23.8 Å². The van der Waals surface area contributed by atoms with Crippen LogP contribution < -0.4 is 5.32 Å². The zero-order valence-electron chi connectivity index (χ0n) is 16.9. The lowest BCUT2D eigenvalue weighted by Gasteiger charge is -2.16. The molecule has 1 saturated heterocycles. The minimum Gasteiger partial charge on any atom is -0.450 e. The average Bonchev–Trinajstić information content (AvgIpc) is 3.43. The number of hydrogen-bond donors (Lipinski definition) is 1. The summed E-state index contributed by atoms with van der Waals surface area (Å²) >= 11 is 0. The van der Waals surface area contributed by atoms with Crippen molar-refractivity contribution >= 4 is 11.9 Å². The standard InChI is InChI=1S/C24H23FN2O4/c25-20-9-5-4-8-19(20)21-10-11-22(31-21)24(29)30-16-23(28)26-18-12-13-27(15-18)14-17-6-2-1-3-7-17/h1-11,18H,12-16H2,(H,26,28). The largest absolute Gasteiger partial charge is 0.450 e. The summed E-state index contributed by atoms with van der Waals surface area (Å²) in [4.78, 5) is 26.6. The van der Waals surface area contributed by atoms with Crippen molar-refractivity contribution in [3.05, 3.63) is 83.9 Å². The van der Waals surface area contributed by atoms with Gasteiger partial charge >= 0.3 is 5.97 Å². The maximum absolute atomic E-state index is 13.9. The number of esters is 1. The van der Waals surface area contributed by atoms with Gasteiger partial charge < -0.3 is 14.5 Å². The Kier molecular flexibility index (Phi) is 6.43. The Morgan fingerprint density at radius 3 is 2.65 bits per heavy atom. The second-order valence-corrected chi connectivity index (χ2v) is 7.49. The van der Waals surface area contributed by atoms with Crippen LogP contribution in [0.15, 0.2) is 71.1 Å². The number of hydrogen-bond acceptors (Lipinski definition) is 5. The van der Waals surface area contributed by atoms with E-state index in [9.17, 15) is 14.0 Å². The Bertz CT molecular complexity index is 1050. The zero-order chi connectivity index (χ0) is 21.6. The monoisotopic (exact) mass is 422 g/mol. The minimum absolute atomic E-state index is 0.0196. The lowest BCUT2D eigenvalue weighted by Crippen LogP contribution is -2.39. The molecule has 31 heavy (non-hydrogen) atoms. The molecule has 1 aliphatic heterocycles. The summed E-state index contributed by atoms with van der Waals surface area (Å²) in [7, 11) is 0. The molecule has 160 valence electrons. The molecule has 0 spiro atoms. The molecule has 0 radical (unpaired) electrons. The van der Waals surface area contributed by atoms with Gasteiger partial charge in [0.25, 0.3) is 5.91 Å². The van der Waals surface area contributed by atoms with Gasteiger partial charge in [-0.05, 0) is 36.2 Å². The summed E-state index contributed by atoms with van der Waals surface area (Å²) in [5.41, 5.74) is 1.48. The quantitative estimate of drug-likeness (QED) is 0.589. The first-order chi connectivity index (χ1) is 15.1. The van der Waals surface area contributed by atoms with Crippen LogP contribution in [0.5, 0.6) is 0 Å². The highest BCUT2D eigenvalue weighted by Gasteiger charge is 2.24. The number of halogens is 1. The fourth-order valence-electron chi connectivity index (χ4n) is 3.66. The third-order valence-electron chi connectivity index (χ3n) is 5.17. The number of amides is 1. The van der Waals surface area contributed by atoms with Crippen molar-refractivity contribution in [2.24, 2.45) is 0 Å². The van der Waals surface area contributed by atoms with Crippen molar-refractivity contribution in [2.45, 2.75) is 19.0 Å². The first-order valence-electron chi connectivity index (χ1n) is 10.2. The highest BCUT2D eigenvalue weighted by atomic mass is 19.1. The average molecular weight is 422 g/mol. The SMILES string of the molecule is O=C(COC(=O)c1ccc(-c2ccccc2F)o1)NC1CCN(Cc2ccccc2)C1. The summed E-state index contributed by atoms with van der Waals surface area (Å²) in [5, 5.41) is 2.90. The highest BCUT2D eigenvalue weighted by molar-refractivity contribution is 5.89. The van der Waals surface area contributed by atoms with Crippen LogP contribution in [0.25, 0.3) is 11.3 Å². The van der Waals surface area contributed by atoms with Crippen LogP contribution in [-0.2, 0) is 16.1 Å². The molecule has 2 heterocycles. The van der Waals surface area contributed by atoms with E-state index >= 15 is 0 Å². The molecule has 0 aliphatic carbocycles. The van der Waals surface area contributed by atoms with Crippen LogP contribution in [0.3, 0.4) is 0 Å². The Hall–Kier alpha value is -3.45. The van der Waals surface area contributed by atoms with Gasteiger partial charge in [-0.15, -0.1) is 0 Å². The topological polar surface area (TPSA) is 71.8 Å².